The molecule has 0 amide bonds. The van der Waals surface area contributed by atoms with Crippen LogP contribution in [-0.4, -0.2) is 4.98 Å². The van der Waals surface area contributed by atoms with Crippen molar-refractivity contribution in [3.63, 3.8) is 0 Å². The van der Waals surface area contributed by atoms with Gasteiger partial charge in [-0.15, -0.1) is 0 Å². The third-order valence-corrected chi connectivity index (χ3v) is 13.9. The highest BCUT2D eigenvalue weighted by molar-refractivity contribution is 5.99. The molecule has 10 aromatic carbocycles. The predicted molar refractivity (Wildman–Crippen MR) is 274 cm³/mol. The van der Waals surface area contributed by atoms with Crippen molar-refractivity contribution in [2.75, 3.05) is 4.90 Å². The molecule has 308 valence electrons. The molecule has 2 aliphatic rings. The molecule has 13 rings (SSSR count). The summed E-state index contributed by atoms with van der Waals surface area (Å²) in [6.07, 6.45) is 0. The summed E-state index contributed by atoms with van der Waals surface area (Å²) in [5, 5.41) is 1.11. The van der Waals surface area contributed by atoms with E-state index in [0.717, 1.165) is 50.3 Å². The first-order valence-electron chi connectivity index (χ1n) is 22.8. The number of para-hydroxylation sites is 2. The highest BCUT2D eigenvalue weighted by Crippen LogP contribution is 2.63. The minimum absolute atomic E-state index is 0.476. The van der Waals surface area contributed by atoms with E-state index in [-0.39, 0.29) is 0 Å². The maximum Gasteiger partial charge on any atom is 0.0809 e. The zero-order chi connectivity index (χ0) is 43.6. The van der Waals surface area contributed by atoms with Crippen LogP contribution < -0.4 is 4.90 Å². The Balaban J connectivity index is 1.05. The molecular weight excluding hydrogens is 797 g/mol. The van der Waals surface area contributed by atoms with Gasteiger partial charge in [0.15, 0.2) is 0 Å². The fraction of sp³-hybridized carbons (Fsp3) is 0.0156. The molecule has 1 spiro atoms. The van der Waals surface area contributed by atoms with Gasteiger partial charge in [0.05, 0.1) is 22.3 Å². The Morgan fingerprint density at radius 3 is 1.33 bits per heavy atom. The van der Waals surface area contributed by atoms with E-state index in [1.54, 1.807) is 0 Å². The second kappa shape index (κ2) is 15.3. The minimum Gasteiger partial charge on any atom is -0.310 e. The number of pyridine rings is 1. The normalized spacial score (nSPS) is 12.7. The van der Waals surface area contributed by atoms with Crippen LogP contribution in [0.15, 0.2) is 255 Å². The van der Waals surface area contributed by atoms with E-state index in [1.807, 2.05) is 0 Å². The molecule has 2 aliphatic carbocycles. The van der Waals surface area contributed by atoms with E-state index < -0.39 is 5.41 Å². The lowest BCUT2D eigenvalue weighted by molar-refractivity contribution is 0.793. The summed E-state index contributed by atoms with van der Waals surface area (Å²) in [7, 11) is 0. The number of anilines is 3. The van der Waals surface area contributed by atoms with Gasteiger partial charge >= 0.3 is 0 Å². The second-order valence-corrected chi connectivity index (χ2v) is 17.4. The number of nitrogens with zero attached hydrogens (tertiary/aromatic N) is 2. The Kier molecular flexibility index (Phi) is 8.79. The number of rotatable bonds is 7. The molecule has 2 heteroatoms. The van der Waals surface area contributed by atoms with Crippen LogP contribution in [0.4, 0.5) is 17.1 Å². The van der Waals surface area contributed by atoms with Crippen molar-refractivity contribution < 1.29 is 0 Å². The van der Waals surface area contributed by atoms with Crippen molar-refractivity contribution in [1.82, 2.24) is 4.98 Å². The molecular formula is C64H42N2. The first-order chi connectivity index (χ1) is 32.7. The minimum atomic E-state index is -0.476. The lowest BCUT2D eigenvalue weighted by atomic mass is 9.70. The van der Waals surface area contributed by atoms with E-state index >= 15 is 0 Å². The van der Waals surface area contributed by atoms with E-state index in [2.05, 4.69) is 260 Å². The molecule has 0 saturated heterocycles. The summed E-state index contributed by atoms with van der Waals surface area (Å²) in [5.41, 5.74) is 23.0. The van der Waals surface area contributed by atoms with E-state index in [0.29, 0.717) is 0 Å². The molecule has 0 unspecified atom stereocenters. The van der Waals surface area contributed by atoms with Gasteiger partial charge in [0, 0.05) is 27.9 Å². The standard InChI is InChI=1S/C64H42N2/c1-3-17-43(18-4-1)45-31-33-47(34-32-45)56-41-48-21-7-15-29-61(48)65-63(56)55-25-11-16-30-62(55)66(49-37-35-46(36-38-49)44-19-5-2-6-20-44)50-39-40-54-53-24-10-14-28-59(53)64(60(54)42-50)57-26-12-8-22-51(57)52-23-9-13-27-58(52)64/h1-42H. The van der Waals surface area contributed by atoms with Gasteiger partial charge in [-0.2, -0.15) is 0 Å². The van der Waals surface area contributed by atoms with Crippen molar-refractivity contribution in [3.8, 4) is 66.9 Å². The van der Waals surface area contributed by atoms with Gasteiger partial charge in [0.1, 0.15) is 0 Å². The van der Waals surface area contributed by atoms with Gasteiger partial charge < -0.3 is 4.90 Å². The molecule has 0 atom stereocenters. The molecule has 0 aliphatic heterocycles. The van der Waals surface area contributed by atoms with Gasteiger partial charge in [-0.3, -0.25) is 0 Å². The van der Waals surface area contributed by atoms with Crippen LogP contribution in [-0.2, 0) is 5.41 Å². The maximum absolute atomic E-state index is 5.55. The number of benzene rings is 10. The SMILES string of the molecule is c1ccc(-c2ccc(-c3cc4ccccc4nc3-c3ccccc3N(c3ccc(-c4ccccc4)cc3)c3ccc4c(c3)C3(c5ccccc5-c5ccccc53)c3ccccc3-4)cc2)cc1. The molecule has 1 aromatic heterocycles. The third kappa shape index (κ3) is 5.85. The van der Waals surface area contributed by atoms with Gasteiger partial charge in [0.25, 0.3) is 0 Å². The average molecular weight is 839 g/mol. The fourth-order valence-electron chi connectivity index (χ4n) is 11.0. The molecule has 2 nitrogen and oxygen atoms in total. The zero-order valence-corrected chi connectivity index (χ0v) is 36.1. The van der Waals surface area contributed by atoms with Crippen LogP contribution in [0.25, 0.3) is 77.8 Å². The average Bonchev–Trinajstić information content (AvgIpc) is 3.86. The lowest BCUT2D eigenvalue weighted by Gasteiger charge is -2.33. The summed E-state index contributed by atoms with van der Waals surface area (Å²) in [5.74, 6) is 0. The van der Waals surface area contributed by atoms with E-state index in [9.17, 15) is 0 Å². The molecule has 0 saturated carbocycles. The largest absolute Gasteiger partial charge is 0.310 e. The zero-order valence-electron chi connectivity index (χ0n) is 36.1. The summed E-state index contributed by atoms with van der Waals surface area (Å²) in [6, 6.07) is 93.1. The van der Waals surface area contributed by atoms with Gasteiger partial charge in [-0.25, -0.2) is 4.98 Å². The van der Waals surface area contributed by atoms with Gasteiger partial charge in [0.2, 0.25) is 0 Å². The highest BCUT2D eigenvalue weighted by atomic mass is 15.1. The van der Waals surface area contributed by atoms with Crippen molar-refractivity contribution in [2.45, 2.75) is 5.41 Å². The number of hydrogen-bond donors (Lipinski definition) is 0. The number of hydrogen-bond acceptors (Lipinski definition) is 2. The Hall–Kier alpha value is -8.59. The molecule has 0 bridgehead atoms. The van der Waals surface area contributed by atoms with Crippen LogP contribution >= 0.6 is 0 Å². The Bertz CT molecular complexity index is 3570. The quantitative estimate of drug-likeness (QED) is 0.159. The van der Waals surface area contributed by atoms with Crippen LogP contribution in [0, 0.1) is 0 Å². The van der Waals surface area contributed by atoms with Crippen molar-refractivity contribution in [1.29, 1.82) is 0 Å². The third-order valence-electron chi connectivity index (χ3n) is 13.9. The molecule has 1 heterocycles. The summed E-state index contributed by atoms with van der Waals surface area (Å²) >= 11 is 0. The topological polar surface area (TPSA) is 16.1 Å². The van der Waals surface area contributed by atoms with Crippen LogP contribution in [0.3, 0.4) is 0 Å². The first kappa shape index (κ1) is 37.9. The van der Waals surface area contributed by atoms with E-state index in [4.69, 9.17) is 4.98 Å². The molecule has 66 heavy (non-hydrogen) atoms. The Morgan fingerprint density at radius 1 is 0.288 bits per heavy atom. The fourth-order valence-corrected chi connectivity index (χ4v) is 11.0. The van der Waals surface area contributed by atoms with Crippen molar-refractivity contribution in [3.05, 3.63) is 277 Å². The highest BCUT2D eigenvalue weighted by Gasteiger charge is 2.51. The van der Waals surface area contributed by atoms with Crippen molar-refractivity contribution in [2.24, 2.45) is 0 Å². The monoisotopic (exact) mass is 838 g/mol. The maximum atomic E-state index is 5.55. The van der Waals surface area contributed by atoms with Crippen LogP contribution in [0.2, 0.25) is 0 Å². The van der Waals surface area contributed by atoms with E-state index in [1.165, 1.54) is 66.8 Å². The molecule has 0 N–H and O–H groups in total. The van der Waals surface area contributed by atoms with Crippen molar-refractivity contribution >= 4 is 28.0 Å². The summed E-state index contributed by atoms with van der Waals surface area (Å²) in [4.78, 5) is 8.00. The number of fused-ring (bicyclic) bond motifs is 11. The van der Waals surface area contributed by atoms with Crippen LogP contribution in [0.5, 0.6) is 0 Å². The summed E-state index contributed by atoms with van der Waals surface area (Å²) < 4.78 is 0. The predicted octanol–water partition coefficient (Wildman–Crippen LogP) is 16.7. The molecule has 0 fully saturated rings. The lowest BCUT2D eigenvalue weighted by Crippen LogP contribution is -2.26. The molecule has 0 radical (unpaired) electrons. The van der Waals surface area contributed by atoms with Crippen LogP contribution in [0.1, 0.15) is 22.3 Å². The Morgan fingerprint density at radius 2 is 0.727 bits per heavy atom. The smallest absolute Gasteiger partial charge is 0.0809 e. The summed E-state index contributed by atoms with van der Waals surface area (Å²) in [6.45, 7) is 0. The molecule has 11 aromatic rings. The first-order valence-corrected chi connectivity index (χ1v) is 22.8. The Labute approximate surface area is 385 Å². The second-order valence-electron chi connectivity index (χ2n) is 17.4. The number of aromatic nitrogens is 1. The van der Waals surface area contributed by atoms with Gasteiger partial charge in [-0.05, 0) is 115 Å². The van der Waals surface area contributed by atoms with Gasteiger partial charge in [-0.1, -0.05) is 212 Å².